The van der Waals surface area contributed by atoms with Gasteiger partial charge < -0.3 is 0 Å². The van der Waals surface area contributed by atoms with E-state index in [1.165, 1.54) is 65.4 Å². The zero-order valence-electron chi connectivity index (χ0n) is 18.5. The molecule has 0 aromatic carbocycles. The summed E-state index contributed by atoms with van der Waals surface area (Å²) in [6.07, 6.45) is 9.01. The number of rotatable bonds is 13. The van der Waals surface area contributed by atoms with Crippen LogP contribution in [-0.2, 0) is 9.84 Å². The first kappa shape index (κ1) is 25.6. The number of thiophene rings is 3. The van der Waals surface area contributed by atoms with E-state index >= 15 is 0 Å². The summed E-state index contributed by atoms with van der Waals surface area (Å²) in [5.41, 5.74) is 0. The van der Waals surface area contributed by atoms with Crippen LogP contribution < -0.4 is 0 Å². The third-order valence-corrected chi connectivity index (χ3v) is 13.2. The molecule has 3 nitrogen and oxygen atoms in total. The molecule has 3 aromatic rings. The van der Waals surface area contributed by atoms with Gasteiger partial charge in [-0.3, -0.25) is 4.79 Å². The second-order valence-electron chi connectivity index (χ2n) is 8.06. The zero-order chi connectivity index (χ0) is 23.4. The molecule has 0 aliphatic carbocycles. The second-order valence-corrected chi connectivity index (χ2v) is 15.3. The van der Waals surface area contributed by atoms with Crippen molar-refractivity contribution >= 4 is 77.3 Å². The molecule has 178 valence electrons. The minimum Gasteiger partial charge on any atom is -0.293 e. The molecule has 0 saturated carbocycles. The Morgan fingerprint density at radius 1 is 0.909 bits per heavy atom. The van der Waals surface area contributed by atoms with E-state index in [1.807, 2.05) is 17.8 Å². The number of ketones is 1. The third-order valence-electron chi connectivity index (χ3n) is 5.56. The van der Waals surface area contributed by atoms with Crippen molar-refractivity contribution in [3.05, 3.63) is 29.1 Å². The number of alkyl halides is 1. The van der Waals surface area contributed by atoms with Crippen LogP contribution in [0.1, 0.15) is 68.0 Å². The monoisotopic (exact) mass is 602 g/mol. The molecule has 0 saturated heterocycles. The van der Waals surface area contributed by atoms with E-state index in [0.29, 0.717) is 21.1 Å². The smallest absolute Gasteiger partial charge is 0.209 e. The van der Waals surface area contributed by atoms with Crippen molar-refractivity contribution in [1.29, 1.82) is 0 Å². The molecule has 0 unspecified atom stereocenters. The highest BCUT2D eigenvalue weighted by Gasteiger charge is 2.38. The van der Waals surface area contributed by atoms with Gasteiger partial charge in [0.2, 0.25) is 9.84 Å². The summed E-state index contributed by atoms with van der Waals surface area (Å²) in [5, 5.41) is 0.764. The molecule has 33 heavy (non-hydrogen) atoms. The largest absolute Gasteiger partial charge is 0.293 e. The maximum Gasteiger partial charge on any atom is 0.209 e. The first-order valence-corrected chi connectivity index (χ1v) is 17.3. The number of thioether (sulfide) groups is 1. The average Bonchev–Trinajstić information content (AvgIpc) is 3.56. The highest BCUT2D eigenvalue weighted by molar-refractivity contribution is 9.09. The van der Waals surface area contributed by atoms with E-state index in [0.717, 1.165) is 37.0 Å². The number of fused-ring (bicyclic) bond motifs is 3. The number of Topliss-reactive ketones (excluding diaryl/α,β-unsaturated/α-hetero) is 1. The molecule has 3 aromatic heterocycles. The maximum absolute atomic E-state index is 13.1. The molecule has 0 atom stereocenters. The minimum absolute atomic E-state index is 0.0210. The Hall–Kier alpha value is -0.450. The van der Waals surface area contributed by atoms with Crippen LogP contribution in [0.2, 0.25) is 0 Å². The van der Waals surface area contributed by atoms with Crippen LogP contribution in [0, 0.1) is 0 Å². The van der Waals surface area contributed by atoms with Crippen LogP contribution in [-0.4, -0.2) is 25.3 Å². The quantitative estimate of drug-likeness (QED) is 0.0662. The van der Waals surface area contributed by atoms with Crippen LogP contribution in [0.3, 0.4) is 0 Å². The SMILES string of the molecule is CCCCCCCCSc1ccc(-c2cc3c(s2)-c2sc(C(=O)CCCBr)cc2S3(=O)=O)s1. The Morgan fingerprint density at radius 3 is 2.42 bits per heavy atom. The van der Waals surface area contributed by atoms with E-state index < -0.39 is 9.84 Å². The molecule has 0 spiro atoms. The van der Waals surface area contributed by atoms with E-state index in [2.05, 4.69) is 35.0 Å². The van der Waals surface area contributed by atoms with E-state index in [-0.39, 0.29) is 5.78 Å². The lowest BCUT2D eigenvalue weighted by molar-refractivity contribution is 0.0986. The molecule has 0 radical (unpaired) electrons. The highest BCUT2D eigenvalue weighted by Crippen LogP contribution is 2.54. The number of hydrogen-bond donors (Lipinski definition) is 0. The maximum atomic E-state index is 13.1. The number of carbonyl (C=O) groups is 1. The Morgan fingerprint density at radius 2 is 1.64 bits per heavy atom. The van der Waals surface area contributed by atoms with Gasteiger partial charge in [0.05, 0.1) is 28.6 Å². The molecular weight excluding hydrogens is 577 g/mol. The van der Waals surface area contributed by atoms with Gasteiger partial charge in [0.15, 0.2) is 5.78 Å². The Balaban J connectivity index is 1.45. The molecule has 0 bridgehead atoms. The number of sulfone groups is 1. The van der Waals surface area contributed by atoms with Gasteiger partial charge in [-0.25, -0.2) is 8.42 Å². The normalized spacial score (nSPS) is 13.9. The first-order valence-electron chi connectivity index (χ1n) is 11.3. The van der Waals surface area contributed by atoms with Crippen molar-refractivity contribution in [2.24, 2.45) is 0 Å². The fraction of sp³-hybridized carbons (Fsp3) is 0.458. The van der Waals surface area contributed by atoms with Gasteiger partial charge in [-0.2, -0.15) is 0 Å². The van der Waals surface area contributed by atoms with Gasteiger partial charge >= 0.3 is 0 Å². The minimum atomic E-state index is -3.55. The van der Waals surface area contributed by atoms with Crippen LogP contribution in [0.15, 0.2) is 38.3 Å². The van der Waals surface area contributed by atoms with Crippen LogP contribution in [0.25, 0.3) is 19.5 Å². The average molecular weight is 604 g/mol. The molecular formula is C24H27BrO3S5. The molecule has 4 rings (SSSR count). The van der Waals surface area contributed by atoms with E-state index in [1.54, 1.807) is 17.4 Å². The van der Waals surface area contributed by atoms with Gasteiger partial charge in [-0.1, -0.05) is 55.0 Å². The second kappa shape index (κ2) is 11.5. The van der Waals surface area contributed by atoms with Crippen molar-refractivity contribution in [2.45, 2.75) is 72.3 Å². The van der Waals surface area contributed by atoms with Crippen LogP contribution in [0.4, 0.5) is 0 Å². The third kappa shape index (κ3) is 5.70. The van der Waals surface area contributed by atoms with Crippen molar-refractivity contribution in [1.82, 2.24) is 0 Å². The van der Waals surface area contributed by atoms with E-state index in [4.69, 9.17) is 0 Å². The zero-order valence-corrected chi connectivity index (χ0v) is 24.2. The summed E-state index contributed by atoms with van der Waals surface area (Å²) < 4.78 is 27.6. The highest BCUT2D eigenvalue weighted by atomic mass is 79.9. The number of carbonyl (C=O) groups excluding carboxylic acids is 1. The van der Waals surface area contributed by atoms with Gasteiger partial charge in [0, 0.05) is 21.5 Å². The molecule has 0 N–H and O–H groups in total. The summed E-state index contributed by atoms with van der Waals surface area (Å²) in [4.78, 5) is 17.3. The lowest BCUT2D eigenvalue weighted by atomic mass is 10.1. The topological polar surface area (TPSA) is 51.2 Å². The summed E-state index contributed by atoms with van der Waals surface area (Å²) >= 11 is 9.84. The lowest BCUT2D eigenvalue weighted by Crippen LogP contribution is -1.98. The fourth-order valence-electron chi connectivity index (χ4n) is 3.78. The Kier molecular flexibility index (Phi) is 8.95. The van der Waals surface area contributed by atoms with Crippen LogP contribution in [0.5, 0.6) is 0 Å². The molecule has 1 aliphatic heterocycles. The number of halogens is 1. The number of hydrogen-bond acceptors (Lipinski definition) is 7. The van der Waals surface area contributed by atoms with Gasteiger partial charge in [-0.05, 0) is 42.9 Å². The fourth-order valence-corrected chi connectivity index (χ4v) is 11.2. The molecule has 0 amide bonds. The number of unbranched alkanes of at least 4 members (excludes halogenated alkanes) is 5. The van der Waals surface area contributed by atoms with Gasteiger partial charge in [0.1, 0.15) is 0 Å². The molecule has 9 heteroatoms. The summed E-state index contributed by atoms with van der Waals surface area (Å²) in [6, 6.07) is 7.66. The summed E-state index contributed by atoms with van der Waals surface area (Å²) in [5.74, 6) is 1.15. The predicted molar refractivity (Wildman–Crippen MR) is 148 cm³/mol. The van der Waals surface area contributed by atoms with Crippen LogP contribution >= 0.6 is 61.7 Å². The van der Waals surface area contributed by atoms with Crippen molar-refractivity contribution in [3.8, 4) is 19.5 Å². The van der Waals surface area contributed by atoms with Gasteiger partial charge in [0.25, 0.3) is 0 Å². The first-order chi connectivity index (χ1) is 16.0. The molecule has 1 aliphatic rings. The summed E-state index contributed by atoms with van der Waals surface area (Å²) in [6.45, 7) is 2.24. The molecule has 4 heterocycles. The van der Waals surface area contributed by atoms with Crippen molar-refractivity contribution < 1.29 is 13.2 Å². The Labute approximate surface area is 221 Å². The van der Waals surface area contributed by atoms with Crippen molar-refractivity contribution in [3.63, 3.8) is 0 Å². The lowest BCUT2D eigenvalue weighted by Gasteiger charge is -2.00. The summed E-state index contributed by atoms with van der Waals surface area (Å²) in [7, 11) is -3.55. The molecule has 0 fully saturated rings. The van der Waals surface area contributed by atoms with Crippen molar-refractivity contribution in [2.75, 3.05) is 11.1 Å². The van der Waals surface area contributed by atoms with Gasteiger partial charge in [-0.15, -0.1) is 45.8 Å². The standard InChI is InChI=1S/C24H27BrO3S5/c1-2-3-4-5-6-7-13-29-22-11-10-17(30-22)19-15-21-24(32-19)23-20(33(21,27)28)14-18(31-23)16(26)9-8-12-25/h10-11,14-15H,2-9,12-13H2,1H3. The van der Waals surface area contributed by atoms with E-state index in [9.17, 15) is 13.2 Å². The predicted octanol–water partition coefficient (Wildman–Crippen LogP) is 9.16. The Bertz CT molecular complexity index is 1220.